The first kappa shape index (κ1) is 28.6. The summed E-state index contributed by atoms with van der Waals surface area (Å²) in [7, 11) is 0. The van der Waals surface area contributed by atoms with Gasteiger partial charge in [0.2, 0.25) is 0 Å². The van der Waals surface area contributed by atoms with Crippen LogP contribution in [0, 0.1) is 23.7 Å². The van der Waals surface area contributed by atoms with E-state index in [9.17, 15) is 4.79 Å². The van der Waals surface area contributed by atoms with E-state index in [0.29, 0.717) is 24.2 Å². The largest absolute Gasteiger partial charge is 0.404 e. The van der Waals surface area contributed by atoms with Crippen LogP contribution in [0.15, 0.2) is 89.1 Å². The van der Waals surface area contributed by atoms with Crippen molar-refractivity contribution in [3.63, 3.8) is 0 Å². The van der Waals surface area contributed by atoms with E-state index >= 15 is 0 Å². The molecule has 0 fully saturated rings. The second kappa shape index (κ2) is 16.2. The number of amidine groups is 1. The summed E-state index contributed by atoms with van der Waals surface area (Å²) in [5.74, 6) is -0.283. The zero-order valence-corrected chi connectivity index (χ0v) is 20.6. The molecule has 0 aliphatic heterocycles. The van der Waals surface area contributed by atoms with E-state index in [1.54, 1.807) is 18.2 Å². The number of nitrogens with one attached hydrogen (secondary N) is 2. The molecule has 0 unspecified atom stereocenters. The van der Waals surface area contributed by atoms with E-state index in [1.165, 1.54) is 18.0 Å². The summed E-state index contributed by atoms with van der Waals surface area (Å²) in [5.41, 5.74) is 15.8. The average molecular weight is 471 g/mol. The summed E-state index contributed by atoms with van der Waals surface area (Å²) in [6.07, 6.45) is 9.31. The molecule has 7 nitrogen and oxygen atoms in total. The lowest BCUT2D eigenvalue weighted by molar-refractivity contribution is -0.117. The number of carbonyl (C=O) groups is 1. The number of allylic oxidation sites excluding steroid dienone is 4. The molecule has 1 amide bonds. The molecule has 0 atom stereocenters. The first-order valence-electron chi connectivity index (χ1n) is 11.3. The number of hydrogen-bond donors (Lipinski definition) is 4. The third kappa shape index (κ3) is 11.3. The van der Waals surface area contributed by atoms with Crippen LogP contribution in [0.2, 0.25) is 0 Å². The molecule has 0 aliphatic rings. The molecule has 0 aliphatic carbocycles. The summed E-state index contributed by atoms with van der Waals surface area (Å²) in [6.45, 7) is 6.76. The Morgan fingerprint density at radius 1 is 1.14 bits per heavy atom. The molecule has 0 saturated carbocycles. The summed E-state index contributed by atoms with van der Waals surface area (Å²) < 4.78 is 0. The van der Waals surface area contributed by atoms with Gasteiger partial charge in [-0.2, -0.15) is 5.26 Å². The van der Waals surface area contributed by atoms with E-state index in [2.05, 4.69) is 16.4 Å². The average Bonchev–Trinajstić information content (AvgIpc) is 2.87. The Hall–Kier alpha value is -4.44. The number of rotatable bonds is 9. The maximum atomic E-state index is 12.2. The number of carbonyl (C=O) groups excluding carboxylic acids is 1. The van der Waals surface area contributed by atoms with Gasteiger partial charge in [-0.25, -0.2) is 0 Å². The van der Waals surface area contributed by atoms with E-state index in [0.717, 1.165) is 23.1 Å². The topological polar surface area (TPSA) is 141 Å². The number of aryl methyl sites for hydroxylation is 1. The van der Waals surface area contributed by atoms with Gasteiger partial charge in [0.1, 0.15) is 5.84 Å². The maximum absolute atomic E-state index is 12.2. The molecule has 2 aromatic carbocycles. The van der Waals surface area contributed by atoms with Gasteiger partial charge in [-0.3, -0.25) is 15.2 Å². The molecule has 0 bridgehead atoms. The Kier molecular flexibility index (Phi) is 13.2. The van der Waals surface area contributed by atoms with Gasteiger partial charge in [0.25, 0.3) is 5.91 Å². The van der Waals surface area contributed by atoms with E-state index in [-0.39, 0.29) is 11.7 Å². The van der Waals surface area contributed by atoms with Gasteiger partial charge < -0.3 is 16.8 Å². The van der Waals surface area contributed by atoms with Crippen LogP contribution in [0.4, 0.5) is 0 Å². The second-order valence-corrected chi connectivity index (χ2v) is 7.54. The van der Waals surface area contributed by atoms with E-state index < -0.39 is 0 Å². The summed E-state index contributed by atoms with van der Waals surface area (Å²) >= 11 is 0. The summed E-state index contributed by atoms with van der Waals surface area (Å²) in [4.78, 5) is 16.5. The summed E-state index contributed by atoms with van der Waals surface area (Å²) in [6, 6.07) is 17.2. The normalized spacial score (nSPS) is 11.6. The molecule has 6 N–H and O–H groups in total. The third-order valence-corrected chi connectivity index (χ3v) is 4.76. The SMILES string of the molecule is C/C=C(C#N)\C=C/CC.Cc1ccc(CN=C/C(=C\N)C(=O)NCc2ccc(C(=N)N)cc2)cc1. The lowest BCUT2D eigenvalue weighted by atomic mass is 10.1. The van der Waals surface area contributed by atoms with Crippen LogP contribution in [0.25, 0.3) is 0 Å². The number of benzene rings is 2. The highest BCUT2D eigenvalue weighted by atomic mass is 16.1. The predicted octanol–water partition coefficient (Wildman–Crippen LogP) is 4.43. The van der Waals surface area contributed by atoms with Crippen LogP contribution in [0.1, 0.15) is 42.5 Å². The van der Waals surface area contributed by atoms with Crippen molar-refractivity contribution in [1.29, 1.82) is 10.7 Å². The molecule has 2 rings (SSSR count). The Morgan fingerprint density at radius 2 is 1.77 bits per heavy atom. The van der Waals surface area contributed by atoms with E-state index in [1.807, 2.05) is 69.3 Å². The van der Waals surface area contributed by atoms with Gasteiger partial charge in [0.15, 0.2) is 0 Å². The number of nitrogens with two attached hydrogens (primary N) is 2. The molecule has 0 spiro atoms. The van der Waals surface area contributed by atoms with Crippen molar-refractivity contribution in [3.05, 3.63) is 106 Å². The van der Waals surface area contributed by atoms with Crippen LogP contribution >= 0.6 is 0 Å². The molecule has 0 radical (unpaired) electrons. The monoisotopic (exact) mass is 470 g/mol. The standard InChI is InChI=1S/C20H23N5O.C8H11N/c1-14-2-4-15(5-3-14)11-24-13-18(10-21)20(26)25-12-16-6-8-17(9-7-16)19(22)23;1-3-5-6-8(4-2)7-9/h2-10,13H,11-12,21H2,1H3,(H3,22,23)(H,25,26);4-6H,3H2,1-2H3/b18-10+,24-13?;6-5-,8-4+. The van der Waals surface area contributed by atoms with Gasteiger partial charge in [0.05, 0.1) is 18.2 Å². The van der Waals surface area contributed by atoms with Crippen LogP contribution in [0.5, 0.6) is 0 Å². The lowest BCUT2D eigenvalue weighted by Crippen LogP contribution is -2.25. The first-order chi connectivity index (χ1) is 16.8. The number of aliphatic imine (C=N–C) groups is 1. The molecule has 0 saturated heterocycles. The highest BCUT2D eigenvalue weighted by Crippen LogP contribution is 2.06. The van der Waals surface area contributed by atoms with Crippen molar-refractivity contribution in [1.82, 2.24) is 5.32 Å². The maximum Gasteiger partial charge on any atom is 0.254 e. The van der Waals surface area contributed by atoms with Crippen molar-refractivity contribution in [2.24, 2.45) is 16.5 Å². The van der Waals surface area contributed by atoms with Gasteiger partial charge in [0, 0.05) is 30.1 Å². The fourth-order valence-corrected chi connectivity index (χ4v) is 2.65. The predicted molar refractivity (Wildman–Crippen MR) is 144 cm³/mol. The Morgan fingerprint density at radius 3 is 2.29 bits per heavy atom. The molecule has 7 heteroatoms. The number of nitrogen functional groups attached to an aromatic ring is 1. The molecule has 2 aromatic rings. The Labute approximate surface area is 208 Å². The van der Waals surface area contributed by atoms with Crippen LogP contribution < -0.4 is 16.8 Å². The van der Waals surface area contributed by atoms with Gasteiger partial charge >= 0.3 is 0 Å². The van der Waals surface area contributed by atoms with Crippen LogP contribution in [0.3, 0.4) is 0 Å². The van der Waals surface area contributed by atoms with Gasteiger partial charge in [-0.15, -0.1) is 0 Å². The minimum atomic E-state index is -0.296. The van der Waals surface area contributed by atoms with Crippen molar-refractivity contribution < 1.29 is 4.79 Å². The fourth-order valence-electron chi connectivity index (χ4n) is 2.65. The first-order valence-corrected chi connectivity index (χ1v) is 11.3. The number of amides is 1. The highest BCUT2D eigenvalue weighted by Gasteiger charge is 2.06. The molecule has 35 heavy (non-hydrogen) atoms. The van der Waals surface area contributed by atoms with Crippen molar-refractivity contribution in [2.45, 2.75) is 40.3 Å². The molecule has 182 valence electrons. The number of nitrogens with zero attached hydrogens (tertiary/aromatic N) is 2. The van der Waals surface area contributed by atoms with Crippen molar-refractivity contribution >= 4 is 18.0 Å². The van der Waals surface area contributed by atoms with Gasteiger partial charge in [-0.1, -0.05) is 73.2 Å². The molecular formula is C28H34N6O. The smallest absolute Gasteiger partial charge is 0.254 e. The van der Waals surface area contributed by atoms with E-state index in [4.69, 9.17) is 22.1 Å². The zero-order chi connectivity index (χ0) is 26.1. The minimum Gasteiger partial charge on any atom is -0.404 e. The quantitative estimate of drug-likeness (QED) is 0.141. The Bertz CT molecular complexity index is 1120. The van der Waals surface area contributed by atoms with Crippen LogP contribution in [-0.2, 0) is 17.9 Å². The van der Waals surface area contributed by atoms with Crippen LogP contribution in [-0.4, -0.2) is 18.0 Å². The fraction of sp³-hybridized carbons (Fsp3) is 0.214. The van der Waals surface area contributed by atoms with Gasteiger partial charge in [-0.05, 0) is 37.5 Å². The molecule has 0 aromatic heterocycles. The van der Waals surface area contributed by atoms with Crippen molar-refractivity contribution in [2.75, 3.05) is 0 Å². The lowest BCUT2D eigenvalue weighted by Gasteiger charge is -2.06. The Balaban J connectivity index is 0.000000579. The molecule has 0 heterocycles. The third-order valence-electron chi connectivity index (χ3n) is 4.76. The number of hydrogen-bond acceptors (Lipinski definition) is 5. The zero-order valence-electron chi connectivity index (χ0n) is 20.6. The second-order valence-electron chi connectivity index (χ2n) is 7.54. The van der Waals surface area contributed by atoms with Crippen molar-refractivity contribution in [3.8, 4) is 6.07 Å². The number of nitriles is 1. The summed E-state index contributed by atoms with van der Waals surface area (Å²) in [5, 5.41) is 18.5. The highest BCUT2D eigenvalue weighted by molar-refractivity contribution is 6.12. The minimum absolute atomic E-state index is 0.0127. The molecular weight excluding hydrogens is 436 g/mol.